The average Bonchev–Trinajstić information content (AvgIpc) is 2.38. The zero-order valence-electron chi connectivity index (χ0n) is 11.5. The molecule has 0 radical (unpaired) electrons. The summed E-state index contributed by atoms with van der Waals surface area (Å²) < 4.78 is 6.95. The molecule has 0 aliphatic rings. The minimum absolute atomic E-state index is 0.723. The van der Waals surface area contributed by atoms with Gasteiger partial charge in [0.1, 0.15) is 12.4 Å². The molecule has 0 fully saturated rings. The van der Waals surface area contributed by atoms with Crippen molar-refractivity contribution in [3.8, 4) is 5.75 Å². The van der Waals surface area contributed by atoms with Gasteiger partial charge in [0.2, 0.25) is 0 Å². The zero-order valence-corrected chi connectivity index (χ0v) is 13.1. The quantitative estimate of drug-likeness (QED) is 0.798. The first kappa shape index (κ1) is 15.5. The van der Waals surface area contributed by atoms with Gasteiger partial charge in [-0.05, 0) is 42.1 Å². The predicted octanol–water partition coefficient (Wildman–Crippen LogP) is 2.89. The molecule has 3 nitrogen and oxygen atoms in total. The lowest BCUT2D eigenvalue weighted by Crippen LogP contribution is -2.28. The number of nitrogens with zero attached hydrogens (tertiary/aromatic N) is 1. The number of rotatable bonds is 8. The zero-order chi connectivity index (χ0) is 13.4. The van der Waals surface area contributed by atoms with E-state index in [0.717, 1.165) is 43.0 Å². The summed E-state index contributed by atoms with van der Waals surface area (Å²) in [6, 6.07) is 6.15. The molecule has 0 spiro atoms. The fraction of sp³-hybridized carbons (Fsp3) is 0.571. The van der Waals surface area contributed by atoms with Crippen LogP contribution in [0.3, 0.4) is 0 Å². The Bertz CT molecular complexity index is 354. The van der Waals surface area contributed by atoms with Crippen LogP contribution in [0.15, 0.2) is 22.7 Å². The van der Waals surface area contributed by atoms with E-state index in [1.807, 2.05) is 19.2 Å². The van der Waals surface area contributed by atoms with Gasteiger partial charge in [-0.1, -0.05) is 26.0 Å². The standard InChI is InChI=1S/C14H23BrN2O/c1-4-17(5-2)9-10-18-14-12(11-16-3)7-6-8-13(14)15/h6-8,16H,4-5,9-11H2,1-3H3. The number of halogens is 1. The molecule has 0 atom stereocenters. The highest BCUT2D eigenvalue weighted by atomic mass is 79.9. The summed E-state index contributed by atoms with van der Waals surface area (Å²) in [5.41, 5.74) is 1.19. The largest absolute Gasteiger partial charge is 0.491 e. The number of likely N-dealkylation sites (N-methyl/N-ethyl adjacent to an activating group) is 1. The third kappa shape index (κ3) is 4.59. The molecule has 0 aliphatic carbocycles. The smallest absolute Gasteiger partial charge is 0.138 e. The van der Waals surface area contributed by atoms with Crippen LogP contribution in [0.4, 0.5) is 0 Å². The first-order valence-corrected chi connectivity index (χ1v) is 7.29. The van der Waals surface area contributed by atoms with Gasteiger partial charge in [0.25, 0.3) is 0 Å². The molecule has 1 rings (SSSR count). The van der Waals surface area contributed by atoms with Crippen molar-refractivity contribution < 1.29 is 4.74 Å². The summed E-state index contributed by atoms with van der Waals surface area (Å²) >= 11 is 3.55. The van der Waals surface area contributed by atoms with E-state index >= 15 is 0 Å². The maximum atomic E-state index is 5.93. The SMILES string of the molecule is CCN(CC)CCOc1c(Br)cccc1CNC. The van der Waals surface area contributed by atoms with Gasteiger partial charge in [0.05, 0.1) is 4.47 Å². The third-order valence-electron chi connectivity index (χ3n) is 2.96. The van der Waals surface area contributed by atoms with Crippen LogP contribution in [0.1, 0.15) is 19.4 Å². The third-order valence-corrected chi connectivity index (χ3v) is 3.59. The molecule has 1 N–H and O–H groups in total. The van der Waals surface area contributed by atoms with Gasteiger partial charge >= 0.3 is 0 Å². The monoisotopic (exact) mass is 314 g/mol. The molecule has 18 heavy (non-hydrogen) atoms. The van der Waals surface area contributed by atoms with E-state index in [-0.39, 0.29) is 0 Å². The van der Waals surface area contributed by atoms with Crippen LogP contribution in [0.25, 0.3) is 0 Å². The van der Waals surface area contributed by atoms with E-state index in [2.05, 4.69) is 46.1 Å². The average molecular weight is 315 g/mol. The number of ether oxygens (including phenoxy) is 1. The number of nitrogens with one attached hydrogen (secondary N) is 1. The van der Waals surface area contributed by atoms with Crippen molar-refractivity contribution in [1.82, 2.24) is 10.2 Å². The van der Waals surface area contributed by atoms with Crippen LogP contribution >= 0.6 is 15.9 Å². The van der Waals surface area contributed by atoms with Crippen LogP contribution in [-0.2, 0) is 6.54 Å². The summed E-state index contributed by atoms with van der Waals surface area (Å²) in [5.74, 6) is 0.957. The molecular formula is C14H23BrN2O. The molecule has 1 aromatic carbocycles. The van der Waals surface area contributed by atoms with E-state index in [4.69, 9.17) is 4.74 Å². The highest BCUT2D eigenvalue weighted by Crippen LogP contribution is 2.28. The van der Waals surface area contributed by atoms with Crippen LogP contribution in [0.2, 0.25) is 0 Å². The molecule has 102 valence electrons. The summed E-state index contributed by atoms with van der Waals surface area (Å²) in [7, 11) is 1.95. The van der Waals surface area contributed by atoms with E-state index in [1.54, 1.807) is 0 Å². The lowest BCUT2D eigenvalue weighted by atomic mass is 10.2. The Kier molecular flexibility index (Phi) is 7.32. The highest BCUT2D eigenvalue weighted by molar-refractivity contribution is 9.10. The summed E-state index contributed by atoms with van der Waals surface area (Å²) in [5, 5.41) is 3.16. The van der Waals surface area contributed by atoms with Gasteiger partial charge in [-0.25, -0.2) is 0 Å². The lowest BCUT2D eigenvalue weighted by molar-refractivity contribution is 0.220. The van der Waals surface area contributed by atoms with Crippen molar-refractivity contribution in [1.29, 1.82) is 0 Å². The van der Waals surface area contributed by atoms with Crippen LogP contribution in [0, 0.1) is 0 Å². The van der Waals surface area contributed by atoms with Crippen molar-refractivity contribution in [2.75, 3.05) is 33.3 Å². The summed E-state index contributed by atoms with van der Waals surface area (Å²) in [4.78, 5) is 2.36. The molecule has 0 heterocycles. The van der Waals surface area contributed by atoms with Crippen molar-refractivity contribution in [3.05, 3.63) is 28.2 Å². The van der Waals surface area contributed by atoms with Crippen molar-refractivity contribution >= 4 is 15.9 Å². The Morgan fingerprint density at radius 2 is 2.00 bits per heavy atom. The highest BCUT2D eigenvalue weighted by Gasteiger charge is 2.08. The topological polar surface area (TPSA) is 24.5 Å². The number of hydrogen-bond acceptors (Lipinski definition) is 3. The molecule has 0 amide bonds. The molecule has 1 aromatic rings. The van der Waals surface area contributed by atoms with Crippen molar-refractivity contribution in [2.45, 2.75) is 20.4 Å². The Morgan fingerprint density at radius 3 is 2.61 bits per heavy atom. The Balaban J connectivity index is 2.60. The first-order chi connectivity index (χ1) is 8.72. The van der Waals surface area contributed by atoms with E-state index < -0.39 is 0 Å². The molecule has 0 unspecified atom stereocenters. The fourth-order valence-electron chi connectivity index (χ4n) is 1.86. The van der Waals surface area contributed by atoms with Crippen molar-refractivity contribution in [2.24, 2.45) is 0 Å². The van der Waals surface area contributed by atoms with Crippen LogP contribution in [0.5, 0.6) is 5.75 Å². The summed E-state index contributed by atoms with van der Waals surface area (Å²) in [6.45, 7) is 9.00. The molecular weight excluding hydrogens is 292 g/mol. The Morgan fingerprint density at radius 1 is 1.28 bits per heavy atom. The van der Waals surface area contributed by atoms with Gasteiger partial charge in [-0.15, -0.1) is 0 Å². The minimum Gasteiger partial charge on any atom is -0.491 e. The predicted molar refractivity (Wildman–Crippen MR) is 80.2 cm³/mol. The summed E-state index contributed by atoms with van der Waals surface area (Å²) in [6.07, 6.45) is 0. The van der Waals surface area contributed by atoms with Gasteiger partial charge in [0, 0.05) is 18.7 Å². The van der Waals surface area contributed by atoms with Crippen molar-refractivity contribution in [3.63, 3.8) is 0 Å². The van der Waals surface area contributed by atoms with Gasteiger partial charge in [-0.2, -0.15) is 0 Å². The number of hydrogen-bond donors (Lipinski definition) is 1. The second-order valence-electron chi connectivity index (χ2n) is 4.13. The molecule has 0 aromatic heterocycles. The van der Waals surface area contributed by atoms with Gasteiger partial charge < -0.3 is 15.0 Å². The van der Waals surface area contributed by atoms with Gasteiger partial charge in [0.15, 0.2) is 0 Å². The fourth-order valence-corrected chi connectivity index (χ4v) is 2.38. The minimum atomic E-state index is 0.723. The second-order valence-corrected chi connectivity index (χ2v) is 4.99. The van der Waals surface area contributed by atoms with Gasteiger partial charge in [-0.3, -0.25) is 0 Å². The first-order valence-electron chi connectivity index (χ1n) is 6.50. The molecule has 0 bridgehead atoms. The van der Waals surface area contributed by atoms with Crippen LogP contribution < -0.4 is 10.1 Å². The maximum absolute atomic E-state index is 5.93. The van der Waals surface area contributed by atoms with E-state index in [1.165, 1.54) is 5.56 Å². The lowest BCUT2D eigenvalue weighted by Gasteiger charge is -2.19. The normalized spacial score (nSPS) is 10.9. The molecule has 0 saturated heterocycles. The molecule has 0 saturated carbocycles. The molecule has 0 aliphatic heterocycles. The maximum Gasteiger partial charge on any atom is 0.138 e. The van der Waals surface area contributed by atoms with E-state index in [0.29, 0.717) is 0 Å². The molecule has 4 heteroatoms. The Hall–Kier alpha value is -0.580. The van der Waals surface area contributed by atoms with E-state index in [9.17, 15) is 0 Å². The number of para-hydroxylation sites is 1. The van der Waals surface area contributed by atoms with Crippen LogP contribution in [-0.4, -0.2) is 38.2 Å². The second kappa shape index (κ2) is 8.51. The number of benzene rings is 1. The Labute approximate surface area is 119 Å².